The van der Waals surface area contributed by atoms with Gasteiger partial charge >= 0.3 is 0 Å². The van der Waals surface area contributed by atoms with Crippen LogP contribution in [0.1, 0.15) is 16.5 Å². The highest BCUT2D eigenvalue weighted by atomic mass is 32.1. The van der Waals surface area contributed by atoms with Crippen LogP contribution in [0.15, 0.2) is 36.9 Å². The molecule has 2 heteroatoms. The van der Waals surface area contributed by atoms with Crippen molar-refractivity contribution in [1.29, 1.82) is 0 Å². The Morgan fingerprint density at radius 1 is 1.43 bits per heavy atom. The van der Waals surface area contributed by atoms with Gasteiger partial charge in [-0.1, -0.05) is 24.3 Å². The topological polar surface area (TPSA) is 26.0 Å². The molecule has 0 unspecified atom stereocenters. The molecule has 1 aromatic heterocycles. The lowest BCUT2D eigenvalue weighted by Gasteiger charge is -2.03. The number of aryl methyl sites for hydroxylation is 1. The average Bonchev–Trinajstić information content (AvgIpc) is 2.56. The van der Waals surface area contributed by atoms with Crippen molar-refractivity contribution in [3.05, 3.63) is 47.4 Å². The fourth-order valence-corrected chi connectivity index (χ4v) is 2.83. The first kappa shape index (κ1) is 9.44. The quantitative estimate of drug-likeness (QED) is 0.744. The van der Waals surface area contributed by atoms with E-state index in [-0.39, 0.29) is 6.04 Å². The Bertz CT molecular complexity index is 470. The summed E-state index contributed by atoms with van der Waals surface area (Å²) in [5.41, 5.74) is 7.24. The van der Waals surface area contributed by atoms with Gasteiger partial charge in [0.1, 0.15) is 0 Å². The van der Waals surface area contributed by atoms with Crippen LogP contribution in [0.2, 0.25) is 0 Å². The molecule has 14 heavy (non-hydrogen) atoms. The molecule has 0 amide bonds. The second kappa shape index (κ2) is 3.56. The smallest absolute Gasteiger partial charge is 0.0576 e. The van der Waals surface area contributed by atoms with Gasteiger partial charge in [0.25, 0.3) is 0 Å². The second-order valence-electron chi connectivity index (χ2n) is 3.35. The fourth-order valence-electron chi connectivity index (χ4n) is 1.62. The van der Waals surface area contributed by atoms with Gasteiger partial charge in [-0.2, -0.15) is 0 Å². The van der Waals surface area contributed by atoms with E-state index in [4.69, 9.17) is 5.73 Å². The van der Waals surface area contributed by atoms with E-state index >= 15 is 0 Å². The van der Waals surface area contributed by atoms with E-state index in [2.05, 4.69) is 37.8 Å². The summed E-state index contributed by atoms with van der Waals surface area (Å²) in [7, 11) is 0. The van der Waals surface area contributed by atoms with E-state index in [0.29, 0.717) is 0 Å². The van der Waals surface area contributed by atoms with Crippen LogP contribution in [-0.4, -0.2) is 0 Å². The van der Waals surface area contributed by atoms with Gasteiger partial charge in [0, 0.05) is 9.58 Å². The lowest BCUT2D eigenvalue weighted by Crippen LogP contribution is -2.05. The van der Waals surface area contributed by atoms with Crippen molar-refractivity contribution in [2.24, 2.45) is 5.73 Å². The van der Waals surface area contributed by atoms with Gasteiger partial charge in [-0.15, -0.1) is 17.9 Å². The molecule has 0 aliphatic carbocycles. The summed E-state index contributed by atoms with van der Waals surface area (Å²) >= 11 is 1.76. The van der Waals surface area contributed by atoms with E-state index in [1.807, 2.05) is 0 Å². The van der Waals surface area contributed by atoms with Crippen LogP contribution in [-0.2, 0) is 0 Å². The second-order valence-corrected chi connectivity index (χ2v) is 4.43. The molecular weight excluding hydrogens is 190 g/mol. The molecule has 0 fully saturated rings. The molecule has 0 saturated carbocycles. The Balaban J connectivity index is 2.68. The normalized spacial score (nSPS) is 13.0. The molecule has 2 rings (SSSR count). The van der Waals surface area contributed by atoms with Gasteiger partial charge < -0.3 is 5.73 Å². The highest BCUT2D eigenvalue weighted by Gasteiger charge is 2.11. The van der Waals surface area contributed by atoms with E-state index in [1.54, 1.807) is 17.4 Å². The SMILES string of the molecule is C=C[C@@H](N)c1sc2ccccc2c1C. The molecule has 0 saturated heterocycles. The summed E-state index contributed by atoms with van der Waals surface area (Å²) in [6.45, 7) is 5.85. The van der Waals surface area contributed by atoms with Crippen LogP contribution in [0.3, 0.4) is 0 Å². The number of benzene rings is 1. The maximum absolute atomic E-state index is 5.95. The predicted octanol–water partition coefficient (Wildman–Crippen LogP) is 3.40. The summed E-state index contributed by atoms with van der Waals surface area (Å²) in [6.07, 6.45) is 1.79. The van der Waals surface area contributed by atoms with E-state index in [1.165, 1.54) is 20.5 Å². The summed E-state index contributed by atoms with van der Waals surface area (Å²) in [5.74, 6) is 0. The summed E-state index contributed by atoms with van der Waals surface area (Å²) in [5, 5.41) is 1.31. The summed E-state index contributed by atoms with van der Waals surface area (Å²) in [4.78, 5) is 1.22. The van der Waals surface area contributed by atoms with E-state index in [0.717, 1.165) is 0 Å². The molecular formula is C12H13NS. The summed E-state index contributed by atoms with van der Waals surface area (Å²) in [6, 6.07) is 8.35. The van der Waals surface area contributed by atoms with Crippen LogP contribution in [0.5, 0.6) is 0 Å². The van der Waals surface area contributed by atoms with Gasteiger partial charge in [0.2, 0.25) is 0 Å². The zero-order valence-electron chi connectivity index (χ0n) is 8.16. The molecule has 0 aliphatic rings. The number of nitrogens with two attached hydrogens (primary N) is 1. The molecule has 1 aromatic carbocycles. The molecule has 0 spiro atoms. The lowest BCUT2D eigenvalue weighted by molar-refractivity contribution is 0.931. The van der Waals surface area contributed by atoms with Crippen molar-refractivity contribution in [3.8, 4) is 0 Å². The van der Waals surface area contributed by atoms with Crippen LogP contribution in [0.4, 0.5) is 0 Å². The van der Waals surface area contributed by atoms with Crippen molar-refractivity contribution in [3.63, 3.8) is 0 Å². The van der Waals surface area contributed by atoms with Gasteiger partial charge in [-0.05, 0) is 23.9 Å². The van der Waals surface area contributed by atoms with Gasteiger partial charge in [0.15, 0.2) is 0 Å². The van der Waals surface area contributed by atoms with Crippen molar-refractivity contribution in [2.45, 2.75) is 13.0 Å². The standard InChI is InChI=1S/C12H13NS/c1-3-10(13)12-8(2)9-6-4-5-7-11(9)14-12/h3-7,10H,1,13H2,2H3/t10-/m1/s1. The third-order valence-corrected chi connectivity index (χ3v) is 3.81. The van der Waals surface area contributed by atoms with Crippen LogP contribution in [0.25, 0.3) is 10.1 Å². The number of hydrogen-bond acceptors (Lipinski definition) is 2. The Hall–Kier alpha value is -1.12. The van der Waals surface area contributed by atoms with Gasteiger partial charge in [-0.25, -0.2) is 0 Å². The molecule has 1 nitrogen and oxygen atoms in total. The number of thiophene rings is 1. The van der Waals surface area contributed by atoms with Crippen molar-refractivity contribution in [1.82, 2.24) is 0 Å². The van der Waals surface area contributed by atoms with Crippen LogP contribution < -0.4 is 5.73 Å². The largest absolute Gasteiger partial charge is 0.320 e. The van der Waals surface area contributed by atoms with Gasteiger partial charge in [0.05, 0.1) is 6.04 Å². The molecule has 1 heterocycles. The first-order valence-electron chi connectivity index (χ1n) is 4.60. The Kier molecular flexibility index (Phi) is 2.40. The minimum absolute atomic E-state index is 0.0348. The third-order valence-electron chi connectivity index (χ3n) is 2.44. The molecule has 72 valence electrons. The number of fused-ring (bicyclic) bond motifs is 1. The van der Waals surface area contributed by atoms with Crippen molar-refractivity contribution in [2.75, 3.05) is 0 Å². The van der Waals surface area contributed by atoms with Crippen LogP contribution >= 0.6 is 11.3 Å². The minimum Gasteiger partial charge on any atom is -0.320 e. The first-order valence-corrected chi connectivity index (χ1v) is 5.42. The van der Waals surface area contributed by atoms with Gasteiger partial charge in [-0.3, -0.25) is 0 Å². The average molecular weight is 203 g/mol. The summed E-state index contributed by atoms with van der Waals surface area (Å²) < 4.78 is 1.30. The third kappa shape index (κ3) is 1.37. The van der Waals surface area contributed by atoms with Crippen molar-refractivity contribution < 1.29 is 0 Å². The highest BCUT2D eigenvalue weighted by molar-refractivity contribution is 7.19. The molecule has 0 radical (unpaired) electrons. The zero-order valence-corrected chi connectivity index (χ0v) is 8.97. The predicted molar refractivity (Wildman–Crippen MR) is 63.7 cm³/mol. The Morgan fingerprint density at radius 3 is 2.79 bits per heavy atom. The molecule has 2 N–H and O–H groups in total. The molecule has 0 aliphatic heterocycles. The molecule has 2 aromatic rings. The minimum atomic E-state index is -0.0348. The number of hydrogen-bond donors (Lipinski definition) is 1. The Morgan fingerprint density at radius 2 is 2.14 bits per heavy atom. The maximum atomic E-state index is 5.95. The fraction of sp³-hybridized carbons (Fsp3) is 0.167. The zero-order chi connectivity index (χ0) is 10.1. The molecule has 1 atom stereocenters. The van der Waals surface area contributed by atoms with E-state index < -0.39 is 0 Å². The lowest BCUT2D eigenvalue weighted by atomic mass is 10.1. The highest BCUT2D eigenvalue weighted by Crippen LogP contribution is 2.33. The number of rotatable bonds is 2. The Labute approximate surface area is 87.9 Å². The van der Waals surface area contributed by atoms with Crippen molar-refractivity contribution >= 4 is 21.4 Å². The molecule has 0 bridgehead atoms. The van der Waals surface area contributed by atoms with E-state index in [9.17, 15) is 0 Å². The van der Waals surface area contributed by atoms with Crippen LogP contribution in [0, 0.1) is 6.92 Å². The maximum Gasteiger partial charge on any atom is 0.0576 e. The first-order chi connectivity index (χ1) is 6.74. The monoisotopic (exact) mass is 203 g/mol.